The molecule has 0 aromatic carbocycles. The molecule has 3 heterocycles. The highest BCUT2D eigenvalue weighted by Gasteiger charge is 2.29. The van der Waals surface area contributed by atoms with Gasteiger partial charge >= 0.3 is 0 Å². The molecule has 28 heavy (non-hydrogen) atoms. The molecule has 1 aliphatic rings. The normalized spacial score (nSPS) is 16.8. The maximum absolute atomic E-state index is 12.6. The Bertz CT molecular complexity index is 926. The number of aromatic nitrogens is 2. The Balaban J connectivity index is 1.57. The molecule has 8 nitrogen and oxygen atoms in total. The molecule has 9 heteroatoms. The Kier molecular flexibility index (Phi) is 6.24. The second kappa shape index (κ2) is 8.48. The maximum Gasteiger partial charge on any atom is 0.287 e. The van der Waals surface area contributed by atoms with Crippen LogP contribution in [-0.2, 0) is 16.6 Å². The molecule has 1 atom stereocenters. The van der Waals surface area contributed by atoms with Crippen molar-refractivity contribution in [3.63, 3.8) is 0 Å². The van der Waals surface area contributed by atoms with E-state index in [9.17, 15) is 13.2 Å². The predicted molar refractivity (Wildman–Crippen MR) is 105 cm³/mol. The van der Waals surface area contributed by atoms with E-state index in [1.54, 1.807) is 0 Å². The van der Waals surface area contributed by atoms with Crippen molar-refractivity contribution < 1.29 is 17.6 Å². The fraction of sp³-hybridized carbons (Fsp3) is 0.579. The standard InChI is InChI=1S/C19H28N4O4S/c1-14(13-23-16(3)11-15(2)21-23)12-20-19(24)17-7-8-18(27-17)28(25,26)22-9-5-4-6-10-22/h7-8,11,14H,4-6,9-10,12-13H2,1-3H3,(H,20,24)/t14-/m0/s1. The maximum atomic E-state index is 12.6. The summed E-state index contributed by atoms with van der Waals surface area (Å²) in [5.41, 5.74) is 2.04. The quantitative estimate of drug-likeness (QED) is 0.758. The summed E-state index contributed by atoms with van der Waals surface area (Å²) in [7, 11) is -3.67. The zero-order valence-corrected chi connectivity index (χ0v) is 17.5. The van der Waals surface area contributed by atoms with Gasteiger partial charge in [0, 0.05) is 31.9 Å². The first kappa shape index (κ1) is 20.6. The van der Waals surface area contributed by atoms with Crippen molar-refractivity contribution in [2.75, 3.05) is 19.6 Å². The molecular formula is C19H28N4O4S. The van der Waals surface area contributed by atoms with Crippen LogP contribution in [-0.4, -0.2) is 48.0 Å². The molecule has 1 amide bonds. The predicted octanol–water partition coefficient (Wildman–Crippen LogP) is 2.33. The molecule has 0 unspecified atom stereocenters. The largest absolute Gasteiger partial charge is 0.438 e. The van der Waals surface area contributed by atoms with Crippen LogP contribution in [0, 0.1) is 19.8 Å². The van der Waals surface area contributed by atoms with Gasteiger partial charge < -0.3 is 9.73 Å². The van der Waals surface area contributed by atoms with Crippen LogP contribution in [0.5, 0.6) is 0 Å². The van der Waals surface area contributed by atoms with Gasteiger partial charge in [0.25, 0.3) is 15.9 Å². The monoisotopic (exact) mass is 408 g/mol. The first-order chi connectivity index (χ1) is 13.3. The Morgan fingerprint density at radius 1 is 1.25 bits per heavy atom. The first-order valence-electron chi connectivity index (χ1n) is 9.66. The number of sulfonamides is 1. The van der Waals surface area contributed by atoms with E-state index in [2.05, 4.69) is 10.4 Å². The average Bonchev–Trinajstić information content (AvgIpc) is 3.28. The number of aryl methyl sites for hydroxylation is 2. The number of carbonyl (C=O) groups is 1. The van der Waals surface area contributed by atoms with Gasteiger partial charge in [0.2, 0.25) is 5.09 Å². The van der Waals surface area contributed by atoms with Crippen molar-refractivity contribution in [2.45, 2.75) is 51.7 Å². The van der Waals surface area contributed by atoms with Crippen LogP contribution in [0.1, 0.15) is 48.1 Å². The third-order valence-electron chi connectivity index (χ3n) is 4.91. The second-order valence-corrected chi connectivity index (χ2v) is 9.38. The van der Waals surface area contributed by atoms with E-state index in [0.29, 0.717) is 26.2 Å². The van der Waals surface area contributed by atoms with Crippen LogP contribution in [0.15, 0.2) is 27.7 Å². The molecule has 1 fully saturated rings. The van der Waals surface area contributed by atoms with Gasteiger partial charge in [-0.25, -0.2) is 8.42 Å². The van der Waals surface area contributed by atoms with E-state index in [0.717, 1.165) is 30.7 Å². The van der Waals surface area contributed by atoms with E-state index in [1.165, 1.54) is 16.4 Å². The summed E-state index contributed by atoms with van der Waals surface area (Å²) in [6.07, 6.45) is 2.73. The summed E-state index contributed by atoms with van der Waals surface area (Å²) in [5.74, 6) is -0.248. The van der Waals surface area contributed by atoms with Gasteiger partial charge in [-0.3, -0.25) is 9.48 Å². The zero-order valence-electron chi connectivity index (χ0n) is 16.6. The van der Waals surface area contributed by atoms with Crippen LogP contribution >= 0.6 is 0 Å². The lowest BCUT2D eigenvalue weighted by Crippen LogP contribution is -2.35. The Hall–Kier alpha value is -2.13. The molecule has 1 saturated heterocycles. The summed E-state index contributed by atoms with van der Waals surface area (Å²) >= 11 is 0. The minimum absolute atomic E-state index is 0.00824. The minimum Gasteiger partial charge on any atom is -0.438 e. The van der Waals surface area contributed by atoms with E-state index in [1.807, 2.05) is 31.5 Å². The average molecular weight is 409 g/mol. The van der Waals surface area contributed by atoms with Crippen molar-refractivity contribution in [1.82, 2.24) is 19.4 Å². The van der Waals surface area contributed by atoms with Crippen LogP contribution in [0.25, 0.3) is 0 Å². The third-order valence-corrected chi connectivity index (χ3v) is 6.69. The van der Waals surface area contributed by atoms with Crippen molar-refractivity contribution in [2.24, 2.45) is 5.92 Å². The Morgan fingerprint density at radius 2 is 1.96 bits per heavy atom. The van der Waals surface area contributed by atoms with Gasteiger partial charge in [-0.1, -0.05) is 13.3 Å². The molecule has 3 rings (SSSR count). The summed E-state index contributed by atoms with van der Waals surface area (Å²) in [5, 5.41) is 7.06. The summed E-state index contributed by atoms with van der Waals surface area (Å²) < 4.78 is 34.0. The number of nitrogens with one attached hydrogen (secondary N) is 1. The minimum atomic E-state index is -3.67. The molecule has 2 aromatic rings. The number of furan rings is 1. The van der Waals surface area contributed by atoms with Gasteiger partial charge in [0.15, 0.2) is 5.76 Å². The van der Waals surface area contributed by atoms with E-state index < -0.39 is 15.9 Å². The van der Waals surface area contributed by atoms with E-state index >= 15 is 0 Å². The smallest absolute Gasteiger partial charge is 0.287 e. The van der Waals surface area contributed by atoms with Gasteiger partial charge in [-0.05, 0) is 50.8 Å². The molecular weight excluding hydrogens is 380 g/mol. The molecule has 154 valence electrons. The molecule has 0 radical (unpaired) electrons. The van der Waals surface area contributed by atoms with Crippen molar-refractivity contribution in [3.05, 3.63) is 35.3 Å². The molecule has 0 saturated carbocycles. The number of rotatable bonds is 7. The number of nitrogens with zero attached hydrogens (tertiary/aromatic N) is 3. The SMILES string of the molecule is Cc1cc(C)n(C[C@@H](C)CNC(=O)c2ccc(S(=O)(=O)N3CCCCC3)o2)n1. The third kappa shape index (κ3) is 4.64. The first-order valence-corrected chi connectivity index (χ1v) is 11.1. The van der Waals surface area contributed by atoms with Crippen LogP contribution in [0.4, 0.5) is 0 Å². The second-order valence-electron chi connectivity index (χ2n) is 7.51. The van der Waals surface area contributed by atoms with Crippen molar-refractivity contribution in [1.29, 1.82) is 0 Å². The lowest BCUT2D eigenvalue weighted by atomic mass is 10.2. The van der Waals surface area contributed by atoms with E-state index in [-0.39, 0.29) is 16.8 Å². The lowest BCUT2D eigenvalue weighted by Gasteiger charge is -2.24. The molecule has 1 aliphatic heterocycles. The van der Waals surface area contributed by atoms with Gasteiger partial charge in [0.05, 0.1) is 5.69 Å². The highest BCUT2D eigenvalue weighted by Crippen LogP contribution is 2.22. The molecule has 0 bridgehead atoms. The summed E-state index contributed by atoms with van der Waals surface area (Å²) in [6.45, 7) is 8.08. The summed E-state index contributed by atoms with van der Waals surface area (Å²) in [6, 6.07) is 4.79. The lowest BCUT2D eigenvalue weighted by molar-refractivity contribution is 0.0913. The highest BCUT2D eigenvalue weighted by molar-refractivity contribution is 7.89. The van der Waals surface area contributed by atoms with E-state index in [4.69, 9.17) is 4.42 Å². The van der Waals surface area contributed by atoms with Crippen molar-refractivity contribution in [3.8, 4) is 0 Å². The zero-order chi connectivity index (χ0) is 20.3. The molecule has 1 N–H and O–H groups in total. The highest BCUT2D eigenvalue weighted by atomic mass is 32.2. The Morgan fingerprint density at radius 3 is 2.61 bits per heavy atom. The van der Waals surface area contributed by atoms with Crippen LogP contribution in [0.3, 0.4) is 0 Å². The fourth-order valence-corrected chi connectivity index (χ4v) is 4.82. The van der Waals surface area contributed by atoms with Gasteiger partial charge in [-0.2, -0.15) is 9.40 Å². The van der Waals surface area contributed by atoms with Crippen molar-refractivity contribution >= 4 is 15.9 Å². The molecule has 0 aliphatic carbocycles. The van der Waals surface area contributed by atoms with Gasteiger partial charge in [-0.15, -0.1) is 0 Å². The fourth-order valence-electron chi connectivity index (χ4n) is 3.39. The number of hydrogen-bond acceptors (Lipinski definition) is 5. The Labute approximate surface area is 165 Å². The topological polar surface area (TPSA) is 97.4 Å². The number of carbonyl (C=O) groups excluding carboxylic acids is 1. The number of piperidine rings is 1. The van der Waals surface area contributed by atoms with Crippen LogP contribution < -0.4 is 5.32 Å². The number of amides is 1. The molecule has 2 aromatic heterocycles. The summed E-state index contributed by atoms with van der Waals surface area (Å²) in [4.78, 5) is 12.4. The number of hydrogen-bond donors (Lipinski definition) is 1. The van der Waals surface area contributed by atoms with Crippen LogP contribution in [0.2, 0.25) is 0 Å². The molecule has 0 spiro atoms. The van der Waals surface area contributed by atoms with Gasteiger partial charge in [0.1, 0.15) is 0 Å².